The summed E-state index contributed by atoms with van der Waals surface area (Å²) in [6.07, 6.45) is 1.90. The quantitative estimate of drug-likeness (QED) is 0.393. The largest absolute Gasteiger partial charge is 0.492 e. The van der Waals surface area contributed by atoms with Crippen LogP contribution in [-0.4, -0.2) is 44.4 Å². The minimum atomic E-state index is 0.707. The Labute approximate surface area is 192 Å². The molecule has 32 heavy (non-hydrogen) atoms. The van der Waals surface area contributed by atoms with Gasteiger partial charge in [-0.2, -0.15) is 0 Å². The molecule has 1 heterocycles. The molecule has 0 spiro atoms. The number of morpholine rings is 1. The van der Waals surface area contributed by atoms with Crippen LogP contribution >= 0.6 is 0 Å². The monoisotopic (exact) mass is 427 g/mol. The van der Waals surface area contributed by atoms with Crippen LogP contribution in [0.4, 0.5) is 0 Å². The van der Waals surface area contributed by atoms with E-state index in [9.17, 15) is 0 Å². The molecule has 3 heteroatoms. The summed E-state index contributed by atoms with van der Waals surface area (Å²) in [5.41, 5.74) is 6.67. The molecule has 0 unspecified atom stereocenters. The first-order valence-corrected chi connectivity index (χ1v) is 11.7. The van der Waals surface area contributed by atoms with E-state index < -0.39 is 0 Å². The van der Waals surface area contributed by atoms with E-state index in [0.717, 1.165) is 51.4 Å². The van der Waals surface area contributed by atoms with Gasteiger partial charge in [0.15, 0.2) is 0 Å². The average Bonchev–Trinajstić information content (AvgIpc) is 2.86. The van der Waals surface area contributed by atoms with Crippen molar-refractivity contribution in [3.05, 3.63) is 102 Å². The smallest absolute Gasteiger partial charge is 0.119 e. The van der Waals surface area contributed by atoms with Crippen molar-refractivity contribution in [2.45, 2.75) is 19.8 Å². The van der Waals surface area contributed by atoms with Gasteiger partial charge in [-0.3, -0.25) is 4.90 Å². The van der Waals surface area contributed by atoms with Crippen LogP contribution in [0.15, 0.2) is 84.9 Å². The molecule has 0 N–H and O–H groups in total. The SMILES string of the molecule is CC/C(=C(\Cc1ccccc1)c1ccccc1)c1ccc(OCCN2CCOCC2)cc1. The van der Waals surface area contributed by atoms with Crippen molar-refractivity contribution >= 4 is 11.1 Å². The van der Waals surface area contributed by atoms with E-state index >= 15 is 0 Å². The minimum absolute atomic E-state index is 0.707. The van der Waals surface area contributed by atoms with E-state index in [1.165, 1.54) is 27.8 Å². The van der Waals surface area contributed by atoms with Crippen molar-refractivity contribution < 1.29 is 9.47 Å². The molecule has 1 fully saturated rings. The van der Waals surface area contributed by atoms with Crippen molar-refractivity contribution in [2.24, 2.45) is 0 Å². The third-order valence-electron chi connectivity index (χ3n) is 6.05. The first kappa shape index (κ1) is 22.3. The lowest BCUT2D eigenvalue weighted by atomic mass is 9.89. The Morgan fingerprint density at radius 2 is 1.41 bits per heavy atom. The maximum Gasteiger partial charge on any atom is 0.119 e. The predicted octanol–water partition coefficient (Wildman–Crippen LogP) is 5.96. The Morgan fingerprint density at radius 1 is 0.781 bits per heavy atom. The molecular formula is C29H33NO2. The summed E-state index contributed by atoms with van der Waals surface area (Å²) in [5.74, 6) is 0.932. The molecule has 3 nitrogen and oxygen atoms in total. The van der Waals surface area contributed by atoms with Gasteiger partial charge in [0, 0.05) is 19.6 Å². The predicted molar refractivity (Wildman–Crippen MR) is 133 cm³/mol. The van der Waals surface area contributed by atoms with E-state index in [0.29, 0.717) is 6.61 Å². The second-order valence-electron chi connectivity index (χ2n) is 8.17. The van der Waals surface area contributed by atoms with E-state index in [1.807, 2.05) is 0 Å². The van der Waals surface area contributed by atoms with Crippen molar-refractivity contribution in [1.29, 1.82) is 0 Å². The Morgan fingerprint density at radius 3 is 2.06 bits per heavy atom. The van der Waals surface area contributed by atoms with Gasteiger partial charge in [0.05, 0.1) is 13.2 Å². The summed E-state index contributed by atoms with van der Waals surface area (Å²) in [4.78, 5) is 2.39. The molecule has 0 radical (unpaired) electrons. The highest BCUT2D eigenvalue weighted by Gasteiger charge is 2.12. The van der Waals surface area contributed by atoms with Gasteiger partial charge in [-0.05, 0) is 52.8 Å². The second-order valence-corrected chi connectivity index (χ2v) is 8.17. The number of benzene rings is 3. The molecule has 1 saturated heterocycles. The van der Waals surface area contributed by atoms with Gasteiger partial charge in [-0.25, -0.2) is 0 Å². The molecule has 0 aliphatic carbocycles. The maximum atomic E-state index is 6.02. The highest BCUT2D eigenvalue weighted by atomic mass is 16.5. The Balaban J connectivity index is 1.52. The van der Waals surface area contributed by atoms with Crippen molar-refractivity contribution in [1.82, 2.24) is 4.90 Å². The Bertz CT molecular complexity index is 975. The lowest BCUT2D eigenvalue weighted by Crippen LogP contribution is -2.38. The number of hydrogen-bond donors (Lipinski definition) is 0. The normalized spacial score (nSPS) is 15.3. The van der Waals surface area contributed by atoms with Crippen LogP contribution in [0.3, 0.4) is 0 Å². The first-order valence-electron chi connectivity index (χ1n) is 11.7. The van der Waals surface area contributed by atoms with Crippen LogP contribution in [0.2, 0.25) is 0 Å². The topological polar surface area (TPSA) is 21.7 Å². The molecule has 3 aromatic carbocycles. The van der Waals surface area contributed by atoms with Crippen LogP contribution in [-0.2, 0) is 11.2 Å². The van der Waals surface area contributed by atoms with Crippen LogP contribution in [0.1, 0.15) is 30.0 Å². The van der Waals surface area contributed by atoms with Gasteiger partial charge in [-0.15, -0.1) is 0 Å². The first-order chi connectivity index (χ1) is 15.8. The van der Waals surface area contributed by atoms with Crippen molar-refractivity contribution in [3.8, 4) is 5.75 Å². The molecule has 1 aliphatic heterocycles. The standard InChI is InChI=1S/C29H33NO2/c1-2-28(29(25-11-7-4-8-12-25)23-24-9-5-3-6-10-24)26-13-15-27(16-14-26)32-22-19-30-17-20-31-21-18-30/h3-16H,2,17-23H2,1H3/b29-28-. The van der Waals surface area contributed by atoms with Crippen LogP contribution in [0.25, 0.3) is 11.1 Å². The van der Waals surface area contributed by atoms with E-state index in [4.69, 9.17) is 9.47 Å². The molecule has 0 amide bonds. The number of ether oxygens (including phenoxy) is 2. The summed E-state index contributed by atoms with van der Waals surface area (Å²) in [7, 11) is 0. The van der Waals surface area contributed by atoms with E-state index in [-0.39, 0.29) is 0 Å². The highest BCUT2D eigenvalue weighted by Crippen LogP contribution is 2.32. The number of allylic oxidation sites excluding steroid dienone is 2. The number of rotatable bonds is 9. The van der Waals surface area contributed by atoms with Crippen molar-refractivity contribution in [3.63, 3.8) is 0 Å². The van der Waals surface area contributed by atoms with E-state index in [1.54, 1.807) is 0 Å². The summed E-state index contributed by atoms with van der Waals surface area (Å²) >= 11 is 0. The molecular weight excluding hydrogens is 394 g/mol. The van der Waals surface area contributed by atoms with Gasteiger partial charge in [-0.1, -0.05) is 79.7 Å². The summed E-state index contributed by atoms with van der Waals surface area (Å²) in [5, 5.41) is 0. The van der Waals surface area contributed by atoms with Crippen LogP contribution in [0.5, 0.6) is 5.75 Å². The molecule has 0 bridgehead atoms. The lowest BCUT2D eigenvalue weighted by Gasteiger charge is -2.26. The molecule has 166 valence electrons. The van der Waals surface area contributed by atoms with E-state index in [2.05, 4.69) is 96.8 Å². The number of nitrogens with zero attached hydrogens (tertiary/aromatic N) is 1. The summed E-state index contributed by atoms with van der Waals surface area (Å²) in [6, 6.07) is 30.1. The zero-order valence-electron chi connectivity index (χ0n) is 19.0. The fourth-order valence-electron chi connectivity index (χ4n) is 4.28. The molecule has 1 aliphatic rings. The lowest BCUT2D eigenvalue weighted by molar-refractivity contribution is 0.0322. The Kier molecular flexibility index (Phi) is 8.13. The van der Waals surface area contributed by atoms with Crippen LogP contribution in [0, 0.1) is 0 Å². The van der Waals surface area contributed by atoms with Gasteiger partial charge < -0.3 is 9.47 Å². The second kappa shape index (κ2) is 11.7. The highest BCUT2D eigenvalue weighted by molar-refractivity contribution is 5.91. The molecule has 4 rings (SSSR count). The minimum Gasteiger partial charge on any atom is -0.492 e. The van der Waals surface area contributed by atoms with Crippen LogP contribution < -0.4 is 4.74 Å². The summed E-state index contributed by atoms with van der Waals surface area (Å²) in [6.45, 7) is 7.55. The maximum absolute atomic E-state index is 6.02. The third-order valence-corrected chi connectivity index (χ3v) is 6.05. The zero-order chi connectivity index (χ0) is 22.0. The van der Waals surface area contributed by atoms with Gasteiger partial charge in [0.25, 0.3) is 0 Å². The Hall–Kier alpha value is -2.88. The van der Waals surface area contributed by atoms with Gasteiger partial charge >= 0.3 is 0 Å². The zero-order valence-corrected chi connectivity index (χ0v) is 19.0. The third kappa shape index (κ3) is 6.09. The van der Waals surface area contributed by atoms with Crippen molar-refractivity contribution in [2.75, 3.05) is 39.5 Å². The molecule has 0 aromatic heterocycles. The fraction of sp³-hybridized carbons (Fsp3) is 0.310. The molecule has 3 aromatic rings. The van der Waals surface area contributed by atoms with Gasteiger partial charge in [0.2, 0.25) is 0 Å². The average molecular weight is 428 g/mol. The number of hydrogen-bond acceptors (Lipinski definition) is 3. The van der Waals surface area contributed by atoms with Gasteiger partial charge in [0.1, 0.15) is 12.4 Å². The molecule has 0 saturated carbocycles. The molecule has 0 atom stereocenters. The summed E-state index contributed by atoms with van der Waals surface area (Å²) < 4.78 is 11.4. The fourth-order valence-corrected chi connectivity index (χ4v) is 4.28.